The van der Waals surface area contributed by atoms with Crippen LogP contribution in [-0.4, -0.2) is 36.2 Å². The summed E-state index contributed by atoms with van der Waals surface area (Å²) < 4.78 is 6.45. The van der Waals surface area contributed by atoms with E-state index in [9.17, 15) is 0 Å². The highest BCUT2D eigenvalue weighted by Gasteiger charge is 2.10. The van der Waals surface area contributed by atoms with Crippen molar-refractivity contribution in [2.24, 2.45) is 0 Å². The van der Waals surface area contributed by atoms with Gasteiger partial charge in [0.2, 0.25) is 0 Å². The van der Waals surface area contributed by atoms with Crippen LogP contribution >= 0.6 is 15.9 Å². The van der Waals surface area contributed by atoms with Gasteiger partial charge >= 0.3 is 0 Å². The van der Waals surface area contributed by atoms with Gasteiger partial charge in [-0.15, -0.1) is 0 Å². The van der Waals surface area contributed by atoms with E-state index < -0.39 is 0 Å². The molecule has 2 aromatic rings. The van der Waals surface area contributed by atoms with Crippen LogP contribution in [0.1, 0.15) is 5.56 Å². The van der Waals surface area contributed by atoms with Crippen molar-refractivity contribution >= 4 is 15.9 Å². The molecule has 0 spiro atoms. The normalized spacial score (nSPS) is 16.2. The van der Waals surface area contributed by atoms with E-state index in [2.05, 4.69) is 50.1 Å². The maximum absolute atomic E-state index is 5.36. The second kappa shape index (κ2) is 6.48. The Labute approximate surface area is 127 Å². The average molecular weight is 333 g/mol. The number of rotatable bonds is 3. The van der Waals surface area contributed by atoms with E-state index in [1.807, 2.05) is 18.3 Å². The Bertz CT molecular complexity index is 548. The first-order chi connectivity index (χ1) is 9.81. The van der Waals surface area contributed by atoms with E-state index in [0.29, 0.717) is 0 Å². The summed E-state index contributed by atoms with van der Waals surface area (Å²) in [6, 6.07) is 12.5. The van der Waals surface area contributed by atoms with Gasteiger partial charge in [0, 0.05) is 35.9 Å². The lowest BCUT2D eigenvalue weighted by Gasteiger charge is -2.26. The molecule has 20 heavy (non-hydrogen) atoms. The quantitative estimate of drug-likeness (QED) is 0.861. The second-order valence-electron chi connectivity index (χ2n) is 4.95. The molecule has 0 amide bonds. The largest absolute Gasteiger partial charge is 0.379 e. The fourth-order valence-corrected chi connectivity index (χ4v) is 2.59. The summed E-state index contributed by atoms with van der Waals surface area (Å²) in [6.07, 6.45) is 1.98. The van der Waals surface area contributed by atoms with E-state index in [1.54, 1.807) is 0 Å². The Morgan fingerprint density at radius 3 is 2.45 bits per heavy atom. The number of hydrogen-bond donors (Lipinski definition) is 0. The van der Waals surface area contributed by atoms with Gasteiger partial charge in [0.1, 0.15) is 0 Å². The molecule has 1 aliphatic rings. The van der Waals surface area contributed by atoms with Crippen molar-refractivity contribution in [2.75, 3.05) is 26.3 Å². The number of ether oxygens (including phenoxy) is 1. The zero-order chi connectivity index (χ0) is 13.8. The molecule has 1 aromatic carbocycles. The van der Waals surface area contributed by atoms with Gasteiger partial charge in [-0.3, -0.25) is 9.88 Å². The monoisotopic (exact) mass is 332 g/mol. The highest BCUT2D eigenvalue weighted by molar-refractivity contribution is 9.10. The van der Waals surface area contributed by atoms with Gasteiger partial charge < -0.3 is 4.74 Å². The minimum absolute atomic E-state index is 0.838. The maximum Gasteiger partial charge on any atom is 0.0702 e. The van der Waals surface area contributed by atoms with Crippen molar-refractivity contribution in [3.63, 3.8) is 0 Å². The van der Waals surface area contributed by atoms with Crippen LogP contribution in [0.25, 0.3) is 11.3 Å². The number of hydrogen-bond acceptors (Lipinski definition) is 3. The summed E-state index contributed by atoms with van der Waals surface area (Å²) in [6.45, 7) is 4.65. The minimum atomic E-state index is 0.838. The molecule has 1 fully saturated rings. The summed E-state index contributed by atoms with van der Waals surface area (Å²) >= 11 is 3.45. The van der Waals surface area contributed by atoms with Gasteiger partial charge in [-0.05, 0) is 23.8 Å². The smallest absolute Gasteiger partial charge is 0.0702 e. The third-order valence-electron chi connectivity index (χ3n) is 3.47. The average Bonchev–Trinajstić information content (AvgIpc) is 2.50. The van der Waals surface area contributed by atoms with Crippen molar-refractivity contribution in [3.8, 4) is 11.3 Å². The molecule has 0 aliphatic carbocycles. The van der Waals surface area contributed by atoms with Crippen LogP contribution in [0.5, 0.6) is 0 Å². The van der Waals surface area contributed by atoms with Gasteiger partial charge in [-0.2, -0.15) is 0 Å². The van der Waals surface area contributed by atoms with Gasteiger partial charge in [0.05, 0.1) is 18.9 Å². The standard InChI is InChI=1S/C16H17BrN2O/c17-15-4-2-14(3-5-15)16-6-1-13(11-18-16)12-19-7-9-20-10-8-19/h1-6,11H,7-10,12H2. The number of aromatic nitrogens is 1. The third kappa shape index (κ3) is 3.45. The van der Waals surface area contributed by atoms with Crippen LogP contribution in [0.15, 0.2) is 47.1 Å². The molecule has 0 atom stereocenters. The third-order valence-corrected chi connectivity index (χ3v) is 4.00. The molecule has 3 rings (SSSR count). The highest BCUT2D eigenvalue weighted by atomic mass is 79.9. The molecule has 0 unspecified atom stereocenters. The second-order valence-corrected chi connectivity index (χ2v) is 5.86. The number of halogens is 1. The predicted octanol–water partition coefficient (Wildman–Crippen LogP) is 3.34. The Morgan fingerprint density at radius 1 is 1.05 bits per heavy atom. The zero-order valence-corrected chi connectivity index (χ0v) is 12.8. The molecule has 4 heteroatoms. The summed E-state index contributed by atoms with van der Waals surface area (Å²) in [5.74, 6) is 0. The number of pyridine rings is 1. The van der Waals surface area contributed by atoms with Crippen LogP contribution in [-0.2, 0) is 11.3 Å². The Morgan fingerprint density at radius 2 is 1.80 bits per heavy atom. The summed E-state index contributed by atoms with van der Waals surface area (Å²) in [4.78, 5) is 6.97. The zero-order valence-electron chi connectivity index (χ0n) is 11.3. The van der Waals surface area contributed by atoms with Crippen LogP contribution in [0.3, 0.4) is 0 Å². The number of benzene rings is 1. The van der Waals surface area contributed by atoms with Crippen LogP contribution in [0, 0.1) is 0 Å². The Kier molecular flexibility index (Phi) is 4.45. The molecule has 1 aliphatic heterocycles. The molecule has 0 radical (unpaired) electrons. The molecule has 1 aromatic heterocycles. The van der Waals surface area contributed by atoms with E-state index >= 15 is 0 Å². The van der Waals surface area contributed by atoms with Crippen molar-refractivity contribution in [3.05, 3.63) is 52.6 Å². The Hall–Kier alpha value is -1.23. The minimum Gasteiger partial charge on any atom is -0.379 e. The molecule has 0 saturated carbocycles. The fraction of sp³-hybridized carbons (Fsp3) is 0.312. The fourth-order valence-electron chi connectivity index (χ4n) is 2.33. The number of morpholine rings is 1. The predicted molar refractivity (Wildman–Crippen MR) is 83.5 cm³/mol. The van der Waals surface area contributed by atoms with Gasteiger partial charge in [0.25, 0.3) is 0 Å². The SMILES string of the molecule is Brc1ccc(-c2ccc(CN3CCOCC3)cn2)cc1. The van der Waals surface area contributed by atoms with E-state index in [0.717, 1.165) is 48.6 Å². The molecular formula is C16H17BrN2O. The Balaban J connectivity index is 1.69. The first-order valence-electron chi connectivity index (χ1n) is 6.82. The molecule has 2 heterocycles. The summed E-state index contributed by atoms with van der Waals surface area (Å²) in [7, 11) is 0. The van der Waals surface area contributed by atoms with Gasteiger partial charge in [0.15, 0.2) is 0 Å². The van der Waals surface area contributed by atoms with Crippen molar-refractivity contribution in [2.45, 2.75) is 6.54 Å². The molecule has 104 valence electrons. The molecule has 3 nitrogen and oxygen atoms in total. The molecule has 0 bridgehead atoms. The first-order valence-corrected chi connectivity index (χ1v) is 7.61. The molecular weight excluding hydrogens is 316 g/mol. The maximum atomic E-state index is 5.36. The van der Waals surface area contributed by atoms with Gasteiger partial charge in [-0.1, -0.05) is 34.1 Å². The summed E-state index contributed by atoms with van der Waals surface area (Å²) in [5.41, 5.74) is 3.42. The highest BCUT2D eigenvalue weighted by Crippen LogP contribution is 2.20. The lowest BCUT2D eigenvalue weighted by molar-refractivity contribution is 0.0341. The van der Waals surface area contributed by atoms with E-state index in [-0.39, 0.29) is 0 Å². The molecule has 0 N–H and O–H groups in total. The molecule has 1 saturated heterocycles. The van der Waals surface area contributed by atoms with E-state index in [4.69, 9.17) is 4.74 Å². The lowest BCUT2D eigenvalue weighted by atomic mass is 10.1. The van der Waals surface area contributed by atoms with Crippen molar-refractivity contribution < 1.29 is 4.74 Å². The topological polar surface area (TPSA) is 25.4 Å². The first kappa shape index (κ1) is 13.7. The van der Waals surface area contributed by atoms with Crippen molar-refractivity contribution in [1.29, 1.82) is 0 Å². The van der Waals surface area contributed by atoms with Crippen LogP contribution < -0.4 is 0 Å². The van der Waals surface area contributed by atoms with Crippen LogP contribution in [0.4, 0.5) is 0 Å². The number of nitrogens with zero attached hydrogens (tertiary/aromatic N) is 2. The van der Waals surface area contributed by atoms with E-state index in [1.165, 1.54) is 5.56 Å². The summed E-state index contributed by atoms with van der Waals surface area (Å²) in [5, 5.41) is 0. The van der Waals surface area contributed by atoms with Gasteiger partial charge in [-0.25, -0.2) is 0 Å². The lowest BCUT2D eigenvalue weighted by Crippen LogP contribution is -2.35. The van der Waals surface area contributed by atoms with Crippen LogP contribution in [0.2, 0.25) is 0 Å². The van der Waals surface area contributed by atoms with Crippen molar-refractivity contribution in [1.82, 2.24) is 9.88 Å².